The molecule has 0 aromatic carbocycles. The molecule has 0 aromatic rings. The van der Waals surface area contributed by atoms with Crippen LogP contribution in [0, 0.1) is 0 Å². The molecule has 3 heteroatoms. The van der Waals surface area contributed by atoms with Crippen LogP contribution in [0.5, 0.6) is 0 Å². The van der Waals surface area contributed by atoms with Gasteiger partial charge in [0.1, 0.15) is 0 Å². The first-order valence-electron chi connectivity index (χ1n) is 8.05. The lowest BCUT2D eigenvalue weighted by Gasteiger charge is -2.10. The number of unbranched alkanes of at least 4 members (excludes halogenated alkanes) is 9. The van der Waals surface area contributed by atoms with Gasteiger partial charge in [0.15, 0.2) is 0 Å². The number of oxime groups is 1. The topological polar surface area (TPSA) is 35.8 Å². The predicted octanol–water partition coefficient (Wildman–Crippen LogP) is 4.69. The molecule has 0 unspecified atom stereocenters. The molecule has 3 nitrogen and oxygen atoms in total. The normalized spacial score (nSPS) is 12.3. The molecule has 0 heterocycles. The van der Waals surface area contributed by atoms with E-state index in [1.807, 2.05) is 19.0 Å². The smallest absolute Gasteiger partial charge is 0.0710 e. The summed E-state index contributed by atoms with van der Waals surface area (Å²) >= 11 is 0. The van der Waals surface area contributed by atoms with Gasteiger partial charge in [0.25, 0.3) is 0 Å². The van der Waals surface area contributed by atoms with Gasteiger partial charge in [-0.2, -0.15) is 0 Å². The summed E-state index contributed by atoms with van der Waals surface area (Å²) < 4.78 is 0. The second kappa shape index (κ2) is 13.9. The molecule has 0 atom stereocenters. The van der Waals surface area contributed by atoms with E-state index in [9.17, 15) is 0 Å². The van der Waals surface area contributed by atoms with E-state index in [2.05, 4.69) is 12.1 Å². The lowest BCUT2D eigenvalue weighted by Crippen LogP contribution is -2.21. The van der Waals surface area contributed by atoms with Gasteiger partial charge in [-0.3, -0.25) is 0 Å². The van der Waals surface area contributed by atoms with Gasteiger partial charge in [-0.1, -0.05) is 69.9 Å². The molecule has 0 radical (unpaired) electrons. The number of hydrogen-bond donors (Lipinski definition) is 1. The van der Waals surface area contributed by atoms with Crippen LogP contribution in [0.4, 0.5) is 0 Å². The first-order chi connectivity index (χ1) is 9.20. The molecule has 0 aromatic heterocycles. The van der Waals surface area contributed by atoms with Gasteiger partial charge in [0, 0.05) is 6.54 Å². The fourth-order valence-corrected chi connectivity index (χ4v) is 2.34. The van der Waals surface area contributed by atoms with E-state index in [-0.39, 0.29) is 0 Å². The fraction of sp³-hybridized carbons (Fsp3) is 0.938. The zero-order valence-corrected chi connectivity index (χ0v) is 13.3. The monoisotopic (exact) mass is 270 g/mol. The van der Waals surface area contributed by atoms with E-state index in [1.165, 1.54) is 57.8 Å². The van der Waals surface area contributed by atoms with Crippen LogP contribution in [0.15, 0.2) is 5.16 Å². The van der Waals surface area contributed by atoms with Gasteiger partial charge in [-0.05, 0) is 26.9 Å². The average molecular weight is 270 g/mol. The van der Waals surface area contributed by atoms with Crippen molar-refractivity contribution >= 4 is 5.71 Å². The standard InChI is InChI=1S/C16H34N2O/c1-4-5-6-7-8-9-10-11-12-13-14-16(17-19)15-18(2)3/h19H,4-15H2,1-3H3. The minimum Gasteiger partial charge on any atom is -0.411 e. The van der Waals surface area contributed by atoms with Crippen LogP contribution < -0.4 is 0 Å². The highest BCUT2D eigenvalue weighted by molar-refractivity contribution is 5.85. The summed E-state index contributed by atoms with van der Waals surface area (Å²) in [5, 5.41) is 12.3. The molecule has 0 saturated carbocycles. The summed E-state index contributed by atoms with van der Waals surface area (Å²) in [5.74, 6) is 0. The van der Waals surface area contributed by atoms with Crippen molar-refractivity contribution in [3.8, 4) is 0 Å². The molecule has 0 amide bonds. The third-order valence-corrected chi connectivity index (χ3v) is 3.46. The fourth-order valence-electron chi connectivity index (χ4n) is 2.34. The molecule has 0 fully saturated rings. The Hall–Kier alpha value is -0.570. The first-order valence-corrected chi connectivity index (χ1v) is 8.05. The maximum Gasteiger partial charge on any atom is 0.0710 e. The number of nitrogens with zero attached hydrogens (tertiary/aromatic N) is 2. The van der Waals surface area contributed by atoms with Crippen molar-refractivity contribution in [2.45, 2.75) is 77.6 Å². The molecule has 0 aliphatic heterocycles. The number of hydrogen-bond acceptors (Lipinski definition) is 3. The lowest BCUT2D eigenvalue weighted by atomic mass is 10.0. The summed E-state index contributed by atoms with van der Waals surface area (Å²) in [5.41, 5.74) is 0.907. The van der Waals surface area contributed by atoms with Gasteiger partial charge in [0.2, 0.25) is 0 Å². The largest absolute Gasteiger partial charge is 0.411 e. The van der Waals surface area contributed by atoms with E-state index < -0.39 is 0 Å². The van der Waals surface area contributed by atoms with Crippen molar-refractivity contribution in [3.63, 3.8) is 0 Å². The summed E-state index contributed by atoms with van der Waals surface area (Å²) in [4.78, 5) is 2.05. The molecular weight excluding hydrogens is 236 g/mol. The summed E-state index contributed by atoms with van der Waals surface area (Å²) in [6.45, 7) is 3.04. The lowest BCUT2D eigenvalue weighted by molar-refractivity contribution is 0.312. The van der Waals surface area contributed by atoms with Crippen LogP contribution in [-0.4, -0.2) is 36.5 Å². The SMILES string of the molecule is CCCCCCCCCCCCC(CN(C)C)=NO. The highest BCUT2D eigenvalue weighted by Gasteiger charge is 2.02. The van der Waals surface area contributed by atoms with Crippen LogP contribution in [0.2, 0.25) is 0 Å². The molecule has 0 saturated heterocycles. The van der Waals surface area contributed by atoms with E-state index in [4.69, 9.17) is 5.21 Å². The van der Waals surface area contributed by atoms with Crippen LogP contribution in [0.3, 0.4) is 0 Å². The van der Waals surface area contributed by atoms with Crippen LogP contribution >= 0.6 is 0 Å². The molecular formula is C16H34N2O. The second-order valence-electron chi connectivity index (χ2n) is 5.84. The van der Waals surface area contributed by atoms with Crippen molar-refractivity contribution < 1.29 is 5.21 Å². The molecule has 1 N–H and O–H groups in total. The quantitative estimate of drug-likeness (QED) is 0.228. The Morgan fingerprint density at radius 2 is 1.32 bits per heavy atom. The van der Waals surface area contributed by atoms with Crippen LogP contribution in [-0.2, 0) is 0 Å². The van der Waals surface area contributed by atoms with Crippen molar-refractivity contribution in [3.05, 3.63) is 0 Å². The molecule has 0 aliphatic rings. The Morgan fingerprint density at radius 3 is 1.74 bits per heavy atom. The van der Waals surface area contributed by atoms with Crippen molar-refractivity contribution in [1.29, 1.82) is 0 Å². The van der Waals surface area contributed by atoms with Crippen molar-refractivity contribution in [2.24, 2.45) is 5.16 Å². The third-order valence-electron chi connectivity index (χ3n) is 3.46. The van der Waals surface area contributed by atoms with E-state index in [0.717, 1.165) is 25.1 Å². The van der Waals surface area contributed by atoms with Gasteiger partial charge < -0.3 is 10.1 Å². The van der Waals surface area contributed by atoms with E-state index >= 15 is 0 Å². The summed E-state index contributed by atoms with van der Waals surface area (Å²) in [6, 6.07) is 0. The molecule has 114 valence electrons. The number of rotatable bonds is 13. The molecule has 0 rings (SSSR count). The van der Waals surface area contributed by atoms with Crippen molar-refractivity contribution in [2.75, 3.05) is 20.6 Å². The highest BCUT2D eigenvalue weighted by atomic mass is 16.4. The van der Waals surface area contributed by atoms with E-state index in [0.29, 0.717) is 0 Å². The van der Waals surface area contributed by atoms with Gasteiger partial charge >= 0.3 is 0 Å². The Kier molecular flexibility index (Phi) is 13.4. The second-order valence-corrected chi connectivity index (χ2v) is 5.84. The van der Waals surface area contributed by atoms with Gasteiger partial charge in [-0.15, -0.1) is 0 Å². The zero-order valence-electron chi connectivity index (χ0n) is 13.3. The van der Waals surface area contributed by atoms with E-state index in [1.54, 1.807) is 0 Å². The Labute approximate surface area is 120 Å². The minimum absolute atomic E-state index is 0.772. The van der Waals surface area contributed by atoms with Gasteiger partial charge in [-0.25, -0.2) is 0 Å². The van der Waals surface area contributed by atoms with Crippen LogP contribution in [0.25, 0.3) is 0 Å². The summed E-state index contributed by atoms with van der Waals surface area (Å²) in [7, 11) is 4.01. The Morgan fingerprint density at radius 1 is 0.842 bits per heavy atom. The Balaban J connectivity index is 3.26. The zero-order chi connectivity index (χ0) is 14.3. The molecule has 19 heavy (non-hydrogen) atoms. The first kappa shape index (κ1) is 18.4. The Bertz CT molecular complexity index is 215. The molecule has 0 aliphatic carbocycles. The van der Waals surface area contributed by atoms with Crippen LogP contribution in [0.1, 0.15) is 77.6 Å². The third kappa shape index (κ3) is 13.7. The van der Waals surface area contributed by atoms with Crippen molar-refractivity contribution in [1.82, 2.24) is 4.90 Å². The van der Waals surface area contributed by atoms with Gasteiger partial charge in [0.05, 0.1) is 5.71 Å². The maximum absolute atomic E-state index is 8.88. The summed E-state index contributed by atoms with van der Waals surface area (Å²) in [6.07, 6.45) is 14.4. The highest BCUT2D eigenvalue weighted by Crippen LogP contribution is 2.11. The molecule has 0 bridgehead atoms. The molecule has 0 spiro atoms. The predicted molar refractivity (Wildman–Crippen MR) is 84.2 cm³/mol. The average Bonchev–Trinajstić information content (AvgIpc) is 2.39. The minimum atomic E-state index is 0.772. The maximum atomic E-state index is 8.88.